The number of carbonyl (C=O) groups excluding carboxylic acids is 1. The summed E-state index contributed by atoms with van der Waals surface area (Å²) in [7, 11) is 0. The van der Waals surface area contributed by atoms with Crippen molar-refractivity contribution in [3.8, 4) is 17.1 Å². The molecule has 0 atom stereocenters. The maximum absolute atomic E-state index is 14.4. The van der Waals surface area contributed by atoms with Gasteiger partial charge < -0.3 is 15.4 Å². The predicted molar refractivity (Wildman–Crippen MR) is 117 cm³/mol. The molecule has 2 heterocycles. The Bertz CT molecular complexity index is 1150. The minimum atomic E-state index is -0.362. The Morgan fingerprint density at radius 2 is 2.10 bits per heavy atom. The number of benzene rings is 2. The van der Waals surface area contributed by atoms with Crippen molar-refractivity contribution in [2.45, 2.75) is 26.4 Å². The third-order valence-corrected chi connectivity index (χ3v) is 4.55. The first-order chi connectivity index (χ1) is 15.0. The zero-order valence-electron chi connectivity index (χ0n) is 17.2. The first-order valence-corrected chi connectivity index (χ1v) is 9.93. The number of aromatic nitrogens is 2. The molecule has 158 valence electrons. The molecule has 0 aliphatic carbocycles. The Balaban J connectivity index is 1.50. The second-order valence-electron chi connectivity index (χ2n) is 7.43. The number of aliphatic imine (C=N–C) groups is 1. The molecule has 1 aromatic heterocycles. The zero-order chi connectivity index (χ0) is 21.8. The molecule has 0 radical (unpaired) electrons. The third kappa shape index (κ3) is 5.03. The van der Waals surface area contributed by atoms with Crippen LogP contribution in [-0.4, -0.2) is 34.7 Å². The quantitative estimate of drug-likeness (QED) is 0.607. The highest BCUT2D eigenvalue weighted by atomic mass is 19.1. The van der Waals surface area contributed by atoms with Crippen molar-refractivity contribution in [3.63, 3.8) is 0 Å². The number of nitrogens with zero attached hydrogens (tertiary/aromatic N) is 3. The van der Waals surface area contributed by atoms with Crippen LogP contribution in [0.15, 0.2) is 53.7 Å². The summed E-state index contributed by atoms with van der Waals surface area (Å²) in [6.07, 6.45) is 3.33. The lowest BCUT2D eigenvalue weighted by Crippen LogP contribution is -2.34. The smallest absolute Gasteiger partial charge is 0.258 e. The number of hydrogen-bond donors (Lipinski definition) is 2. The molecule has 2 N–H and O–H groups in total. The van der Waals surface area contributed by atoms with Gasteiger partial charge in [0.2, 0.25) is 0 Å². The van der Waals surface area contributed by atoms with Gasteiger partial charge in [0.1, 0.15) is 17.4 Å². The zero-order valence-corrected chi connectivity index (χ0v) is 17.2. The van der Waals surface area contributed by atoms with Crippen molar-refractivity contribution < 1.29 is 13.9 Å². The minimum Gasteiger partial charge on any atom is -0.484 e. The van der Waals surface area contributed by atoms with E-state index in [2.05, 4.69) is 25.6 Å². The summed E-state index contributed by atoms with van der Waals surface area (Å²) >= 11 is 0. The van der Waals surface area contributed by atoms with Gasteiger partial charge in [0.25, 0.3) is 5.91 Å². The molecule has 2 aromatic carbocycles. The monoisotopic (exact) mass is 419 g/mol. The maximum atomic E-state index is 14.4. The molecule has 4 rings (SSSR count). The Kier molecular flexibility index (Phi) is 5.88. The van der Waals surface area contributed by atoms with Crippen molar-refractivity contribution in [2.24, 2.45) is 4.99 Å². The molecular formula is C23H22FN5O2. The SMILES string of the molecule is CC(C)NC(=O)COc1cccc(-c2nccc(Nc3cc4c(cc3F)CN=C4)n2)c1. The van der Waals surface area contributed by atoms with Gasteiger partial charge in [0.05, 0.1) is 12.2 Å². The fourth-order valence-corrected chi connectivity index (χ4v) is 3.17. The lowest BCUT2D eigenvalue weighted by atomic mass is 10.1. The van der Waals surface area contributed by atoms with Crippen molar-refractivity contribution in [1.82, 2.24) is 15.3 Å². The molecule has 0 fully saturated rings. The fourth-order valence-electron chi connectivity index (χ4n) is 3.17. The van der Waals surface area contributed by atoms with Gasteiger partial charge in [0.15, 0.2) is 12.4 Å². The first-order valence-electron chi connectivity index (χ1n) is 9.93. The van der Waals surface area contributed by atoms with Crippen molar-refractivity contribution in [2.75, 3.05) is 11.9 Å². The molecule has 31 heavy (non-hydrogen) atoms. The van der Waals surface area contributed by atoms with Gasteiger partial charge in [-0.2, -0.15) is 0 Å². The van der Waals surface area contributed by atoms with Gasteiger partial charge in [-0.3, -0.25) is 9.79 Å². The molecule has 1 amide bonds. The van der Waals surface area contributed by atoms with Crippen LogP contribution in [0, 0.1) is 5.82 Å². The number of carbonyl (C=O) groups is 1. The Morgan fingerprint density at radius 3 is 2.94 bits per heavy atom. The van der Waals surface area contributed by atoms with Gasteiger partial charge in [-0.05, 0) is 55.3 Å². The van der Waals surface area contributed by atoms with Gasteiger partial charge in [-0.1, -0.05) is 12.1 Å². The van der Waals surface area contributed by atoms with E-state index in [-0.39, 0.29) is 24.4 Å². The van der Waals surface area contributed by atoms with Crippen molar-refractivity contribution in [3.05, 3.63) is 65.6 Å². The van der Waals surface area contributed by atoms with Crippen LogP contribution in [0.1, 0.15) is 25.0 Å². The Morgan fingerprint density at radius 1 is 1.23 bits per heavy atom. The predicted octanol–water partition coefficient (Wildman–Crippen LogP) is 3.86. The second-order valence-corrected chi connectivity index (χ2v) is 7.43. The molecule has 0 spiro atoms. The van der Waals surface area contributed by atoms with Gasteiger partial charge in [-0.25, -0.2) is 14.4 Å². The maximum Gasteiger partial charge on any atom is 0.258 e. The molecular weight excluding hydrogens is 397 g/mol. The molecule has 0 unspecified atom stereocenters. The summed E-state index contributed by atoms with van der Waals surface area (Å²) in [5.74, 6) is 0.887. The van der Waals surface area contributed by atoms with E-state index in [1.807, 2.05) is 19.9 Å². The minimum absolute atomic E-state index is 0.0499. The highest BCUT2D eigenvalue weighted by molar-refractivity contribution is 5.86. The van der Waals surface area contributed by atoms with E-state index in [1.165, 1.54) is 6.07 Å². The highest BCUT2D eigenvalue weighted by Crippen LogP contribution is 2.27. The van der Waals surface area contributed by atoms with E-state index in [1.54, 1.807) is 42.7 Å². The summed E-state index contributed by atoms with van der Waals surface area (Å²) < 4.78 is 20.0. The van der Waals surface area contributed by atoms with Crippen LogP contribution in [0.4, 0.5) is 15.9 Å². The van der Waals surface area contributed by atoms with Crippen LogP contribution in [0.2, 0.25) is 0 Å². The number of amides is 1. The lowest BCUT2D eigenvalue weighted by Gasteiger charge is -2.11. The van der Waals surface area contributed by atoms with Gasteiger partial charge >= 0.3 is 0 Å². The average Bonchev–Trinajstić information content (AvgIpc) is 3.19. The van der Waals surface area contributed by atoms with Crippen molar-refractivity contribution >= 4 is 23.6 Å². The number of nitrogens with one attached hydrogen (secondary N) is 2. The number of rotatable bonds is 7. The third-order valence-electron chi connectivity index (χ3n) is 4.55. The molecule has 0 bridgehead atoms. The molecule has 8 heteroatoms. The molecule has 0 saturated carbocycles. The van der Waals surface area contributed by atoms with E-state index in [0.29, 0.717) is 35.2 Å². The van der Waals surface area contributed by atoms with Crippen LogP contribution in [0.25, 0.3) is 11.4 Å². The normalized spacial score (nSPS) is 12.0. The summed E-state index contributed by atoms with van der Waals surface area (Å²) in [6, 6.07) is 12.1. The Hall–Kier alpha value is -3.81. The standard InChI is InChI=1S/C23H22FN5O2/c1-14(2)27-22(30)13-31-18-5-3-4-15(8-18)23-26-7-6-21(29-23)28-20-10-17-12-25-11-16(17)9-19(20)24/h3-10,12,14H,11,13H2,1-2H3,(H,27,30)(H,26,28,29). The molecule has 0 saturated heterocycles. The summed E-state index contributed by atoms with van der Waals surface area (Å²) in [5, 5.41) is 5.79. The van der Waals surface area contributed by atoms with E-state index < -0.39 is 0 Å². The average molecular weight is 419 g/mol. The van der Waals surface area contributed by atoms with Gasteiger partial charge in [0, 0.05) is 24.0 Å². The van der Waals surface area contributed by atoms with E-state index in [0.717, 1.165) is 11.1 Å². The lowest BCUT2D eigenvalue weighted by molar-refractivity contribution is -0.123. The van der Waals surface area contributed by atoms with E-state index in [4.69, 9.17) is 4.74 Å². The summed E-state index contributed by atoms with van der Waals surface area (Å²) in [6.45, 7) is 4.20. The Labute approximate surface area is 179 Å². The van der Waals surface area contributed by atoms with E-state index >= 15 is 0 Å². The van der Waals surface area contributed by atoms with Crippen molar-refractivity contribution in [1.29, 1.82) is 0 Å². The number of fused-ring (bicyclic) bond motifs is 1. The van der Waals surface area contributed by atoms with Crippen LogP contribution in [0.5, 0.6) is 5.75 Å². The number of hydrogen-bond acceptors (Lipinski definition) is 6. The largest absolute Gasteiger partial charge is 0.484 e. The molecule has 1 aliphatic heterocycles. The number of ether oxygens (including phenoxy) is 1. The van der Waals surface area contributed by atoms with Crippen LogP contribution in [0.3, 0.4) is 0 Å². The molecule has 1 aliphatic rings. The van der Waals surface area contributed by atoms with Crippen LogP contribution < -0.4 is 15.4 Å². The summed E-state index contributed by atoms with van der Waals surface area (Å²) in [5.41, 5.74) is 2.80. The second kappa shape index (κ2) is 8.91. The topological polar surface area (TPSA) is 88.5 Å². The van der Waals surface area contributed by atoms with Gasteiger partial charge in [-0.15, -0.1) is 0 Å². The van der Waals surface area contributed by atoms with Crippen LogP contribution in [-0.2, 0) is 11.3 Å². The highest BCUT2D eigenvalue weighted by Gasteiger charge is 2.13. The molecule has 7 nitrogen and oxygen atoms in total. The van der Waals surface area contributed by atoms with E-state index in [9.17, 15) is 9.18 Å². The molecule has 3 aromatic rings. The first kappa shape index (κ1) is 20.5. The fraction of sp³-hybridized carbons (Fsp3) is 0.217. The summed E-state index contributed by atoms with van der Waals surface area (Å²) in [4.78, 5) is 24.7. The number of anilines is 2. The van der Waals surface area contributed by atoms with Crippen LogP contribution >= 0.6 is 0 Å². The number of halogens is 1.